The summed E-state index contributed by atoms with van der Waals surface area (Å²) in [7, 11) is 0. The Kier molecular flexibility index (Phi) is 8.57. The minimum Gasteiger partial charge on any atom is -0.484 e. The Bertz CT molecular complexity index is 812. The van der Waals surface area contributed by atoms with E-state index in [0.717, 1.165) is 9.13 Å². The highest BCUT2D eigenvalue weighted by molar-refractivity contribution is 14.1. The van der Waals surface area contributed by atoms with Crippen LogP contribution in [0, 0.1) is 3.57 Å². The monoisotopic (exact) mass is 514 g/mol. The lowest BCUT2D eigenvalue weighted by atomic mass is 10.1. The molecule has 2 aromatic rings. The number of carbonyl (C=O) groups is 2. The van der Waals surface area contributed by atoms with Gasteiger partial charge in [-0.25, -0.2) is 0 Å². The van der Waals surface area contributed by atoms with Crippen molar-refractivity contribution in [2.45, 2.75) is 39.4 Å². The molecule has 0 saturated heterocycles. The Hall–Kier alpha value is -1.80. The van der Waals surface area contributed by atoms with Crippen LogP contribution in [0.5, 0.6) is 5.75 Å². The first kappa shape index (κ1) is 22.5. The van der Waals surface area contributed by atoms with Gasteiger partial charge in [0, 0.05) is 21.2 Å². The molecule has 0 heterocycles. The third-order valence-corrected chi connectivity index (χ3v) is 5.16. The number of hydrogen-bond donors (Lipinski definition) is 1. The fourth-order valence-electron chi connectivity index (χ4n) is 2.56. The zero-order chi connectivity index (χ0) is 20.7. The lowest BCUT2D eigenvalue weighted by molar-refractivity contribution is -0.142. The summed E-state index contributed by atoms with van der Waals surface area (Å²) in [4.78, 5) is 26.9. The second-order valence-electron chi connectivity index (χ2n) is 6.69. The molecule has 0 bridgehead atoms. The van der Waals surface area contributed by atoms with Gasteiger partial charge in [-0.05, 0) is 79.3 Å². The highest BCUT2D eigenvalue weighted by Gasteiger charge is 2.27. The van der Waals surface area contributed by atoms with E-state index in [2.05, 4.69) is 27.9 Å². The molecule has 0 aliphatic carbocycles. The van der Waals surface area contributed by atoms with Crippen LogP contribution < -0.4 is 10.1 Å². The number of halogens is 2. The summed E-state index contributed by atoms with van der Waals surface area (Å²) in [5.41, 5.74) is 0.774. The summed E-state index contributed by atoms with van der Waals surface area (Å²) in [6, 6.07) is 14.0. The Labute approximate surface area is 184 Å². The van der Waals surface area contributed by atoms with Gasteiger partial charge in [0.1, 0.15) is 11.8 Å². The fourth-order valence-corrected chi connectivity index (χ4v) is 3.11. The number of ether oxygens (including phenoxy) is 1. The molecule has 2 amide bonds. The van der Waals surface area contributed by atoms with Crippen molar-refractivity contribution in [3.63, 3.8) is 0 Å². The first-order chi connectivity index (χ1) is 13.3. The highest BCUT2D eigenvalue weighted by Crippen LogP contribution is 2.19. The van der Waals surface area contributed by atoms with Gasteiger partial charge in [-0.1, -0.05) is 29.8 Å². The van der Waals surface area contributed by atoms with Crippen molar-refractivity contribution < 1.29 is 14.3 Å². The van der Waals surface area contributed by atoms with Gasteiger partial charge in [0.15, 0.2) is 6.61 Å². The summed E-state index contributed by atoms with van der Waals surface area (Å²) in [6.45, 7) is 5.53. The smallest absolute Gasteiger partial charge is 0.261 e. The molecular formula is C21H24ClIN2O3. The van der Waals surface area contributed by atoms with Crippen LogP contribution >= 0.6 is 34.2 Å². The van der Waals surface area contributed by atoms with Crippen LogP contribution in [0.4, 0.5) is 0 Å². The molecule has 0 spiro atoms. The molecule has 7 heteroatoms. The van der Waals surface area contributed by atoms with Crippen molar-refractivity contribution in [1.29, 1.82) is 0 Å². The Balaban J connectivity index is 2.15. The number of rotatable bonds is 8. The molecule has 0 radical (unpaired) electrons. The summed E-state index contributed by atoms with van der Waals surface area (Å²) in [6.07, 6.45) is 0. The fraction of sp³-hybridized carbons (Fsp3) is 0.333. The van der Waals surface area contributed by atoms with Crippen molar-refractivity contribution in [3.05, 3.63) is 62.7 Å². The zero-order valence-electron chi connectivity index (χ0n) is 16.1. The van der Waals surface area contributed by atoms with Crippen LogP contribution in [0.3, 0.4) is 0 Å². The Morgan fingerprint density at radius 1 is 1.11 bits per heavy atom. The molecule has 0 aliphatic rings. The van der Waals surface area contributed by atoms with Crippen molar-refractivity contribution in [2.24, 2.45) is 0 Å². The van der Waals surface area contributed by atoms with Crippen LogP contribution in [-0.2, 0) is 16.1 Å². The van der Waals surface area contributed by atoms with E-state index in [9.17, 15) is 9.59 Å². The second kappa shape index (κ2) is 10.7. The van der Waals surface area contributed by atoms with Gasteiger partial charge < -0.3 is 15.0 Å². The summed E-state index contributed by atoms with van der Waals surface area (Å²) >= 11 is 8.46. The van der Waals surface area contributed by atoms with Gasteiger partial charge in [-0.3, -0.25) is 9.59 Å². The van der Waals surface area contributed by atoms with E-state index in [1.165, 1.54) is 4.90 Å². The molecule has 150 valence electrons. The van der Waals surface area contributed by atoms with Gasteiger partial charge >= 0.3 is 0 Å². The minimum absolute atomic E-state index is 0.0183. The number of amides is 2. The van der Waals surface area contributed by atoms with Crippen LogP contribution in [0.2, 0.25) is 5.02 Å². The number of nitrogens with zero attached hydrogens (tertiary/aromatic N) is 1. The lowest BCUT2D eigenvalue weighted by Gasteiger charge is -2.29. The number of benzene rings is 2. The quantitative estimate of drug-likeness (QED) is 0.536. The lowest BCUT2D eigenvalue weighted by Crippen LogP contribution is -2.50. The zero-order valence-corrected chi connectivity index (χ0v) is 19.0. The molecule has 5 nitrogen and oxygen atoms in total. The predicted molar refractivity (Wildman–Crippen MR) is 119 cm³/mol. The molecule has 0 aliphatic heterocycles. The van der Waals surface area contributed by atoms with Gasteiger partial charge in [-0.15, -0.1) is 0 Å². The van der Waals surface area contributed by atoms with Crippen molar-refractivity contribution >= 4 is 46.0 Å². The Morgan fingerprint density at radius 2 is 1.75 bits per heavy atom. The van der Waals surface area contributed by atoms with E-state index in [1.54, 1.807) is 13.0 Å². The van der Waals surface area contributed by atoms with Gasteiger partial charge in [-0.2, -0.15) is 0 Å². The Morgan fingerprint density at radius 3 is 2.36 bits per heavy atom. The molecule has 0 fully saturated rings. The summed E-state index contributed by atoms with van der Waals surface area (Å²) in [5.74, 6) is 0.0975. The normalized spacial score (nSPS) is 11.8. The molecular weight excluding hydrogens is 491 g/mol. The van der Waals surface area contributed by atoms with Crippen molar-refractivity contribution in [2.75, 3.05) is 6.61 Å². The molecule has 2 aromatic carbocycles. The van der Waals surface area contributed by atoms with Crippen LogP contribution in [0.25, 0.3) is 0 Å². The molecule has 0 saturated carbocycles. The summed E-state index contributed by atoms with van der Waals surface area (Å²) < 4.78 is 6.70. The van der Waals surface area contributed by atoms with Crippen LogP contribution in [0.1, 0.15) is 26.3 Å². The molecule has 0 aromatic heterocycles. The third-order valence-electron chi connectivity index (χ3n) is 4.07. The maximum absolute atomic E-state index is 12.9. The van der Waals surface area contributed by atoms with E-state index < -0.39 is 6.04 Å². The van der Waals surface area contributed by atoms with Crippen molar-refractivity contribution in [3.8, 4) is 5.75 Å². The molecule has 1 atom stereocenters. The van der Waals surface area contributed by atoms with Gasteiger partial charge in [0.25, 0.3) is 5.91 Å². The van der Waals surface area contributed by atoms with Gasteiger partial charge in [0.2, 0.25) is 5.91 Å². The molecule has 2 rings (SSSR count). The number of hydrogen-bond acceptors (Lipinski definition) is 3. The maximum atomic E-state index is 12.9. The van der Waals surface area contributed by atoms with Crippen molar-refractivity contribution in [1.82, 2.24) is 10.2 Å². The highest BCUT2D eigenvalue weighted by atomic mass is 127. The standard InChI is InChI=1S/C21H24ClIN2O3/c1-14(2)24-21(27)15(3)25(12-16-6-4-5-7-19(16)22)20(26)13-28-18-10-8-17(23)9-11-18/h4-11,14-15H,12-13H2,1-3H3,(H,24,27). The molecule has 1 N–H and O–H groups in total. The average Bonchev–Trinajstić information content (AvgIpc) is 2.65. The third kappa shape index (κ3) is 6.67. The van der Waals surface area contributed by atoms with E-state index >= 15 is 0 Å². The topological polar surface area (TPSA) is 58.6 Å². The number of nitrogens with one attached hydrogen (secondary N) is 1. The SMILES string of the molecule is CC(C)NC(=O)C(C)N(Cc1ccccc1Cl)C(=O)COc1ccc(I)cc1. The largest absolute Gasteiger partial charge is 0.484 e. The average molecular weight is 515 g/mol. The van der Waals surface area contributed by atoms with Crippen LogP contribution in [0.15, 0.2) is 48.5 Å². The van der Waals surface area contributed by atoms with Gasteiger partial charge in [0.05, 0.1) is 0 Å². The molecule has 1 unspecified atom stereocenters. The maximum Gasteiger partial charge on any atom is 0.261 e. The van der Waals surface area contributed by atoms with E-state index in [1.807, 2.05) is 56.3 Å². The van der Waals surface area contributed by atoms with E-state index in [0.29, 0.717) is 10.8 Å². The first-order valence-electron chi connectivity index (χ1n) is 8.99. The van der Waals surface area contributed by atoms with E-state index in [4.69, 9.17) is 16.3 Å². The predicted octanol–water partition coefficient (Wildman–Crippen LogP) is 4.27. The van der Waals surface area contributed by atoms with E-state index in [-0.39, 0.29) is 31.0 Å². The molecule has 28 heavy (non-hydrogen) atoms. The first-order valence-corrected chi connectivity index (χ1v) is 10.4. The second-order valence-corrected chi connectivity index (χ2v) is 8.35. The summed E-state index contributed by atoms with van der Waals surface area (Å²) in [5, 5.41) is 3.40. The number of carbonyl (C=O) groups excluding carboxylic acids is 2. The van der Waals surface area contributed by atoms with Crippen LogP contribution in [-0.4, -0.2) is 35.4 Å². The minimum atomic E-state index is -0.661.